The molecule has 3 aliphatic rings. The molecule has 0 radical (unpaired) electrons. The van der Waals surface area contributed by atoms with Gasteiger partial charge in [0.05, 0.1) is 6.42 Å². The van der Waals surface area contributed by atoms with Gasteiger partial charge < -0.3 is 10.1 Å². The number of nitrogens with one attached hydrogen (secondary N) is 1. The number of fused-ring (bicyclic) bond motifs is 1. The second kappa shape index (κ2) is 11.6. The molecular formula is C33H30N2O4S. The Labute approximate surface area is 238 Å². The number of thioether (sulfide) groups is 1. The smallest absolute Gasteiger partial charge is 0.356 e. The van der Waals surface area contributed by atoms with Crippen LogP contribution in [0.1, 0.15) is 35.6 Å². The number of carbonyl (C=O) groups excluding carboxylic acids is 3. The fourth-order valence-electron chi connectivity index (χ4n) is 5.05. The van der Waals surface area contributed by atoms with Gasteiger partial charge in [0.2, 0.25) is 5.91 Å². The van der Waals surface area contributed by atoms with Crippen molar-refractivity contribution >= 4 is 29.5 Å². The highest BCUT2D eigenvalue weighted by Crippen LogP contribution is 2.42. The maximum atomic E-state index is 13.9. The topological polar surface area (TPSA) is 75.7 Å². The molecule has 2 fully saturated rings. The zero-order valence-electron chi connectivity index (χ0n) is 21.9. The Morgan fingerprint density at radius 2 is 1.52 bits per heavy atom. The third-order valence-corrected chi connectivity index (χ3v) is 8.64. The van der Waals surface area contributed by atoms with Gasteiger partial charge in [-0.2, -0.15) is 0 Å². The Morgan fingerprint density at radius 3 is 2.12 bits per heavy atom. The molecule has 1 saturated carbocycles. The Balaban J connectivity index is 1.25. The molecular weight excluding hydrogens is 520 g/mol. The number of hydrogen-bond donors (Lipinski definition) is 1. The number of amides is 2. The number of esters is 1. The molecule has 0 bridgehead atoms. The fourth-order valence-corrected chi connectivity index (χ4v) is 6.37. The van der Waals surface area contributed by atoms with Crippen molar-refractivity contribution < 1.29 is 19.1 Å². The Morgan fingerprint density at radius 1 is 0.925 bits per heavy atom. The summed E-state index contributed by atoms with van der Waals surface area (Å²) in [4.78, 5) is 41.6. The van der Waals surface area contributed by atoms with E-state index in [4.69, 9.17) is 4.74 Å². The first kappa shape index (κ1) is 26.1. The van der Waals surface area contributed by atoms with E-state index in [-0.39, 0.29) is 29.3 Å². The number of nitrogens with zero attached hydrogens (tertiary/aromatic N) is 1. The second-order valence-electron chi connectivity index (χ2n) is 10.3. The summed E-state index contributed by atoms with van der Waals surface area (Å²) < 4.78 is 6.19. The highest BCUT2D eigenvalue weighted by Gasteiger charge is 2.54. The summed E-state index contributed by atoms with van der Waals surface area (Å²) in [6.45, 7) is 0. The molecule has 1 aliphatic carbocycles. The first-order valence-corrected chi connectivity index (χ1v) is 14.6. The molecule has 0 aromatic heterocycles. The van der Waals surface area contributed by atoms with Crippen molar-refractivity contribution in [2.75, 3.05) is 5.75 Å². The molecule has 1 saturated heterocycles. The number of hydrogen-bond acceptors (Lipinski definition) is 5. The summed E-state index contributed by atoms with van der Waals surface area (Å²) in [5, 5.41) is 2.54. The fraction of sp³-hybridized carbons (Fsp3) is 0.242. The van der Waals surface area contributed by atoms with E-state index in [9.17, 15) is 14.4 Å². The summed E-state index contributed by atoms with van der Waals surface area (Å²) >= 11 is 1.56. The molecule has 40 heavy (non-hydrogen) atoms. The molecule has 2 atom stereocenters. The number of carbonyl (C=O) groups is 3. The Kier molecular flexibility index (Phi) is 7.55. The van der Waals surface area contributed by atoms with Crippen molar-refractivity contribution in [3.8, 4) is 0 Å². The van der Waals surface area contributed by atoms with Crippen LogP contribution in [0.4, 0.5) is 0 Å². The minimum atomic E-state index is -0.683. The number of benzene rings is 3. The van der Waals surface area contributed by atoms with Gasteiger partial charge in [-0.1, -0.05) is 103 Å². The average Bonchev–Trinajstić information content (AvgIpc) is 3.83. The lowest BCUT2D eigenvalue weighted by atomic mass is 10.00. The van der Waals surface area contributed by atoms with Crippen LogP contribution < -0.4 is 5.32 Å². The van der Waals surface area contributed by atoms with Crippen LogP contribution in [0.15, 0.2) is 114 Å². The quantitative estimate of drug-likeness (QED) is 0.294. The number of allylic oxidation sites excluding steroid dienone is 2. The molecule has 2 aliphatic heterocycles. The van der Waals surface area contributed by atoms with Gasteiger partial charge in [0.15, 0.2) is 6.10 Å². The van der Waals surface area contributed by atoms with Crippen LogP contribution in [-0.4, -0.2) is 39.9 Å². The molecule has 6 nitrogen and oxygen atoms in total. The minimum Gasteiger partial charge on any atom is -0.448 e. The van der Waals surface area contributed by atoms with Crippen LogP contribution in [0.3, 0.4) is 0 Å². The second-order valence-corrected chi connectivity index (χ2v) is 11.4. The SMILES string of the molecule is O=C(Cc1ccccc1)NC1C(=O)N2C(C(=O)OC(c3ccccc3)c3ccccc3)=C(/C=C\C3CC3)CS[C@@H]12. The molecule has 1 unspecified atom stereocenters. The summed E-state index contributed by atoms with van der Waals surface area (Å²) in [7, 11) is 0. The van der Waals surface area contributed by atoms with Crippen LogP contribution >= 0.6 is 11.8 Å². The van der Waals surface area contributed by atoms with Crippen molar-refractivity contribution in [1.29, 1.82) is 0 Å². The third-order valence-electron chi connectivity index (χ3n) is 7.34. The first-order chi connectivity index (χ1) is 19.6. The predicted octanol–water partition coefficient (Wildman–Crippen LogP) is 5.18. The van der Waals surface area contributed by atoms with E-state index in [1.165, 1.54) is 4.90 Å². The van der Waals surface area contributed by atoms with Gasteiger partial charge >= 0.3 is 5.97 Å². The predicted molar refractivity (Wildman–Crippen MR) is 155 cm³/mol. The highest BCUT2D eigenvalue weighted by atomic mass is 32.2. The van der Waals surface area contributed by atoms with Crippen molar-refractivity contribution in [3.63, 3.8) is 0 Å². The zero-order valence-corrected chi connectivity index (χ0v) is 22.8. The summed E-state index contributed by atoms with van der Waals surface area (Å²) in [5.74, 6) is 0.0189. The summed E-state index contributed by atoms with van der Waals surface area (Å²) in [6, 6.07) is 28.0. The molecule has 7 heteroatoms. The van der Waals surface area contributed by atoms with Crippen LogP contribution in [0, 0.1) is 5.92 Å². The van der Waals surface area contributed by atoms with Gasteiger partial charge in [0, 0.05) is 5.75 Å². The Bertz CT molecular complexity index is 1410. The van der Waals surface area contributed by atoms with Crippen LogP contribution in [0.5, 0.6) is 0 Å². The molecule has 2 amide bonds. The molecule has 3 aromatic rings. The van der Waals surface area contributed by atoms with Crippen molar-refractivity contribution in [3.05, 3.63) is 131 Å². The average molecular weight is 551 g/mol. The number of rotatable bonds is 9. The zero-order chi connectivity index (χ0) is 27.5. The van der Waals surface area contributed by atoms with E-state index in [0.717, 1.165) is 35.1 Å². The van der Waals surface area contributed by atoms with Crippen molar-refractivity contribution in [2.45, 2.75) is 36.8 Å². The largest absolute Gasteiger partial charge is 0.448 e. The van der Waals surface area contributed by atoms with Crippen LogP contribution in [0.25, 0.3) is 0 Å². The van der Waals surface area contributed by atoms with Gasteiger partial charge in [0.25, 0.3) is 5.91 Å². The van der Waals surface area contributed by atoms with E-state index in [2.05, 4.69) is 11.4 Å². The van der Waals surface area contributed by atoms with Gasteiger partial charge in [-0.05, 0) is 41.0 Å². The summed E-state index contributed by atoms with van der Waals surface area (Å²) in [6.07, 6.45) is 5.95. The molecule has 3 aromatic carbocycles. The summed E-state index contributed by atoms with van der Waals surface area (Å²) in [5.41, 5.74) is 3.63. The molecule has 2 heterocycles. The van der Waals surface area contributed by atoms with E-state index in [1.54, 1.807) is 11.8 Å². The Hall–Kier alpha value is -4.10. The van der Waals surface area contributed by atoms with Gasteiger partial charge in [-0.15, -0.1) is 11.8 Å². The maximum Gasteiger partial charge on any atom is 0.356 e. The highest BCUT2D eigenvalue weighted by molar-refractivity contribution is 8.00. The standard InChI is InChI=1S/C33H30N2O4S/c36-27(20-23-10-4-1-5-11-23)34-28-31(37)35-29(26(21-40-32(28)35)19-18-22-16-17-22)33(38)39-30(24-12-6-2-7-13-24)25-14-8-3-9-15-25/h1-15,18-19,22,28,30,32H,16-17,20-21H2,(H,34,36)/b19-18-/t28?,32-/m0/s1. The number of β-lactam (4-membered cyclic amide) rings is 1. The number of ether oxygens (including phenoxy) is 1. The minimum absolute atomic E-state index is 0.192. The van der Waals surface area contributed by atoms with Crippen LogP contribution in [0.2, 0.25) is 0 Å². The molecule has 202 valence electrons. The molecule has 0 spiro atoms. The first-order valence-electron chi connectivity index (χ1n) is 13.6. The maximum absolute atomic E-state index is 13.9. The van der Waals surface area contributed by atoms with Gasteiger partial charge in [0.1, 0.15) is 17.1 Å². The van der Waals surface area contributed by atoms with E-state index in [0.29, 0.717) is 11.7 Å². The van der Waals surface area contributed by atoms with Crippen molar-refractivity contribution in [1.82, 2.24) is 10.2 Å². The molecule has 1 N–H and O–H groups in total. The van der Waals surface area contributed by atoms with Crippen LogP contribution in [-0.2, 0) is 25.5 Å². The van der Waals surface area contributed by atoms with Gasteiger partial charge in [-0.25, -0.2) is 4.79 Å². The van der Waals surface area contributed by atoms with Crippen molar-refractivity contribution in [2.24, 2.45) is 5.92 Å². The van der Waals surface area contributed by atoms with Gasteiger partial charge in [-0.3, -0.25) is 14.5 Å². The lowest BCUT2D eigenvalue weighted by molar-refractivity contribution is -0.154. The lowest BCUT2D eigenvalue weighted by Gasteiger charge is -2.49. The third kappa shape index (κ3) is 5.61. The van der Waals surface area contributed by atoms with E-state index >= 15 is 0 Å². The lowest BCUT2D eigenvalue weighted by Crippen LogP contribution is -2.70. The normalized spacial score (nSPS) is 20.3. The van der Waals surface area contributed by atoms with E-state index < -0.39 is 18.1 Å². The van der Waals surface area contributed by atoms with E-state index in [1.807, 2.05) is 97.1 Å². The molecule has 6 rings (SSSR count). The monoisotopic (exact) mass is 550 g/mol.